The molecule has 2 aliphatic rings. The van der Waals surface area contributed by atoms with E-state index in [0.717, 1.165) is 36.2 Å². The first-order valence-electron chi connectivity index (χ1n) is 11.6. The second-order valence-corrected chi connectivity index (χ2v) is 9.28. The molecule has 8 nitrogen and oxygen atoms in total. The number of hydrogen-bond donors (Lipinski definition) is 0. The number of carbonyl (C=O) groups excluding carboxylic acids is 1. The van der Waals surface area contributed by atoms with Crippen LogP contribution in [0.4, 0.5) is 5.82 Å². The largest absolute Gasteiger partial charge is 0.377 e. The van der Waals surface area contributed by atoms with E-state index in [4.69, 9.17) is 21.4 Å². The van der Waals surface area contributed by atoms with E-state index in [1.54, 1.807) is 6.20 Å². The van der Waals surface area contributed by atoms with Crippen LogP contribution >= 0.6 is 11.6 Å². The minimum absolute atomic E-state index is 0.0441. The van der Waals surface area contributed by atoms with E-state index in [0.29, 0.717) is 43.8 Å². The van der Waals surface area contributed by atoms with E-state index >= 15 is 0 Å². The van der Waals surface area contributed by atoms with Gasteiger partial charge in [-0.2, -0.15) is 5.10 Å². The van der Waals surface area contributed by atoms with Crippen molar-refractivity contribution in [2.45, 2.75) is 38.4 Å². The predicted molar refractivity (Wildman–Crippen MR) is 132 cm³/mol. The molecular weight excluding hydrogens is 440 g/mol. The van der Waals surface area contributed by atoms with Crippen molar-refractivity contribution < 1.29 is 9.53 Å². The fourth-order valence-corrected chi connectivity index (χ4v) is 4.63. The third-order valence-electron chi connectivity index (χ3n) is 6.52. The maximum atomic E-state index is 13.1. The van der Waals surface area contributed by atoms with Crippen molar-refractivity contribution in [3.05, 3.63) is 41.7 Å². The Bertz CT molecular complexity index is 1030. The van der Waals surface area contributed by atoms with Crippen molar-refractivity contribution in [1.29, 1.82) is 0 Å². The average molecular weight is 473 g/mol. The Labute approximate surface area is 200 Å². The third-order valence-corrected chi connectivity index (χ3v) is 6.87. The average Bonchev–Trinajstić information content (AvgIpc) is 3.45. The van der Waals surface area contributed by atoms with E-state index in [1.807, 2.05) is 47.0 Å². The van der Waals surface area contributed by atoms with Crippen molar-refractivity contribution >= 4 is 34.2 Å². The highest BCUT2D eigenvalue weighted by molar-refractivity contribution is 6.31. The molecule has 178 valence electrons. The van der Waals surface area contributed by atoms with Gasteiger partial charge in [-0.05, 0) is 39.6 Å². The number of ether oxygens (including phenoxy) is 1. The maximum absolute atomic E-state index is 13.1. The van der Waals surface area contributed by atoms with Crippen LogP contribution in [0.3, 0.4) is 0 Å². The number of likely N-dealkylation sites (N-methyl/N-ethyl adjacent to an activating group) is 1. The molecule has 2 unspecified atom stereocenters. The molecule has 2 aromatic rings. The number of allylic oxidation sites excluding steroid dienone is 4. The quantitative estimate of drug-likeness (QED) is 0.577. The van der Waals surface area contributed by atoms with Crippen molar-refractivity contribution in [1.82, 2.24) is 24.6 Å². The Kier molecular flexibility index (Phi) is 7.67. The number of rotatable bonds is 7. The van der Waals surface area contributed by atoms with Crippen LogP contribution in [0, 0.1) is 0 Å². The molecular formula is C24H33ClN6O2. The lowest BCUT2D eigenvalue weighted by Crippen LogP contribution is -2.48. The Morgan fingerprint density at radius 3 is 2.97 bits per heavy atom. The molecule has 2 atom stereocenters. The second kappa shape index (κ2) is 10.7. The normalized spacial score (nSPS) is 22.3. The summed E-state index contributed by atoms with van der Waals surface area (Å²) >= 11 is 6.10. The van der Waals surface area contributed by atoms with Gasteiger partial charge in [-0.1, -0.05) is 23.8 Å². The molecule has 0 saturated carbocycles. The molecule has 0 spiro atoms. The van der Waals surface area contributed by atoms with Gasteiger partial charge in [0.1, 0.15) is 0 Å². The molecule has 9 heteroatoms. The Morgan fingerprint density at radius 2 is 2.21 bits per heavy atom. The van der Waals surface area contributed by atoms with Crippen molar-refractivity contribution in [3.63, 3.8) is 0 Å². The SMILES string of the molecule is C/C=C(Cl)\C=C/Cn1nc(N2CCOCC2CC(=O)N2CCC(N(C)C)C2)c2ccncc21. The van der Waals surface area contributed by atoms with Gasteiger partial charge in [-0.3, -0.25) is 14.5 Å². The van der Waals surface area contributed by atoms with Gasteiger partial charge in [0.2, 0.25) is 5.91 Å². The van der Waals surface area contributed by atoms with E-state index < -0.39 is 0 Å². The summed E-state index contributed by atoms with van der Waals surface area (Å²) in [6.45, 7) is 5.94. The summed E-state index contributed by atoms with van der Waals surface area (Å²) in [5, 5.41) is 6.65. The third kappa shape index (κ3) is 5.39. The standard InChI is InChI=1S/C24H33ClN6O2/c1-4-18(25)6-5-10-31-22-15-26-9-7-21(22)24(27-31)30-12-13-33-17-20(30)14-23(32)29-11-8-19(16-29)28(2)3/h4-7,9,15,19-20H,8,10-14,16-17H2,1-3H3/b6-5-,18-4+. The van der Waals surface area contributed by atoms with Gasteiger partial charge in [0, 0.05) is 48.7 Å². The lowest BCUT2D eigenvalue weighted by atomic mass is 10.1. The lowest BCUT2D eigenvalue weighted by molar-refractivity contribution is -0.131. The number of fused-ring (bicyclic) bond motifs is 1. The summed E-state index contributed by atoms with van der Waals surface area (Å²) in [5.41, 5.74) is 0.957. The maximum Gasteiger partial charge on any atom is 0.224 e. The van der Waals surface area contributed by atoms with Gasteiger partial charge in [0.05, 0.1) is 37.5 Å². The zero-order valence-corrected chi connectivity index (χ0v) is 20.4. The highest BCUT2D eigenvalue weighted by atomic mass is 35.5. The van der Waals surface area contributed by atoms with E-state index in [9.17, 15) is 4.79 Å². The molecule has 4 rings (SSSR count). The van der Waals surface area contributed by atoms with Crippen LogP contribution in [0.2, 0.25) is 0 Å². The Morgan fingerprint density at radius 1 is 1.36 bits per heavy atom. The number of hydrogen-bond acceptors (Lipinski definition) is 6. The first-order valence-corrected chi connectivity index (χ1v) is 11.9. The highest BCUT2D eigenvalue weighted by Crippen LogP contribution is 2.29. The topological polar surface area (TPSA) is 66.7 Å². The summed E-state index contributed by atoms with van der Waals surface area (Å²) in [5.74, 6) is 1.07. The number of morpholine rings is 1. The molecule has 2 aromatic heterocycles. The molecule has 0 aliphatic carbocycles. The van der Waals surface area contributed by atoms with Gasteiger partial charge >= 0.3 is 0 Å². The second-order valence-electron chi connectivity index (χ2n) is 8.85. The van der Waals surface area contributed by atoms with Crippen molar-refractivity contribution in [3.8, 4) is 0 Å². The zero-order chi connectivity index (χ0) is 23.4. The Hall–Kier alpha value is -2.42. The zero-order valence-electron chi connectivity index (χ0n) is 19.7. The fourth-order valence-electron chi connectivity index (χ4n) is 4.54. The van der Waals surface area contributed by atoms with Gasteiger partial charge < -0.3 is 19.4 Å². The number of amides is 1. The molecule has 0 aromatic carbocycles. The van der Waals surface area contributed by atoms with Gasteiger partial charge in [0.25, 0.3) is 0 Å². The lowest BCUT2D eigenvalue weighted by Gasteiger charge is -2.36. The minimum atomic E-state index is -0.0441. The van der Waals surface area contributed by atoms with Crippen LogP contribution in [-0.4, -0.2) is 89.5 Å². The summed E-state index contributed by atoms with van der Waals surface area (Å²) in [7, 11) is 4.15. The summed E-state index contributed by atoms with van der Waals surface area (Å²) in [6.07, 6.45) is 10.8. The predicted octanol–water partition coefficient (Wildman–Crippen LogP) is 2.89. The summed E-state index contributed by atoms with van der Waals surface area (Å²) in [4.78, 5) is 23.9. The minimum Gasteiger partial charge on any atom is -0.377 e. The molecule has 1 amide bonds. The number of halogens is 1. The number of pyridine rings is 1. The van der Waals surface area contributed by atoms with E-state index in [1.165, 1.54) is 0 Å². The molecule has 0 radical (unpaired) electrons. The van der Waals surface area contributed by atoms with Crippen LogP contribution in [-0.2, 0) is 16.1 Å². The van der Waals surface area contributed by atoms with Crippen molar-refractivity contribution in [2.24, 2.45) is 0 Å². The van der Waals surface area contributed by atoms with Crippen LogP contribution in [0.15, 0.2) is 41.7 Å². The monoisotopic (exact) mass is 472 g/mol. The van der Waals surface area contributed by atoms with E-state index in [2.05, 4.69) is 28.9 Å². The van der Waals surface area contributed by atoms with Gasteiger partial charge in [-0.25, -0.2) is 0 Å². The van der Waals surface area contributed by atoms with Crippen LogP contribution in [0.25, 0.3) is 10.9 Å². The fraction of sp³-hybridized carbons (Fsp3) is 0.542. The number of aromatic nitrogens is 3. The van der Waals surface area contributed by atoms with Crippen LogP contribution in [0.1, 0.15) is 19.8 Å². The molecule has 2 aliphatic heterocycles. The first kappa shape index (κ1) is 23.7. The Balaban J connectivity index is 1.54. The molecule has 2 saturated heterocycles. The number of nitrogens with zero attached hydrogens (tertiary/aromatic N) is 6. The molecule has 0 N–H and O–H groups in total. The van der Waals surface area contributed by atoms with Crippen molar-refractivity contribution in [2.75, 3.05) is 51.8 Å². The first-order chi connectivity index (χ1) is 16.0. The summed E-state index contributed by atoms with van der Waals surface area (Å²) < 4.78 is 7.71. The van der Waals surface area contributed by atoms with Gasteiger partial charge in [-0.15, -0.1) is 0 Å². The smallest absolute Gasteiger partial charge is 0.224 e. The molecule has 2 fully saturated rings. The molecule has 0 bridgehead atoms. The number of anilines is 1. The highest BCUT2D eigenvalue weighted by Gasteiger charge is 2.33. The van der Waals surface area contributed by atoms with E-state index in [-0.39, 0.29) is 11.9 Å². The molecule has 33 heavy (non-hydrogen) atoms. The van der Waals surface area contributed by atoms with Crippen LogP contribution < -0.4 is 4.90 Å². The molecule has 4 heterocycles. The van der Waals surface area contributed by atoms with Gasteiger partial charge in [0.15, 0.2) is 5.82 Å². The summed E-state index contributed by atoms with van der Waals surface area (Å²) in [6, 6.07) is 2.38. The number of likely N-dealkylation sites (tertiary alicyclic amines) is 1. The number of carbonyl (C=O) groups is 1. The van der Waals surface area contributed by atoms with Crippen LogP contribution in [0.5, 0.6) is 0 Å².